The molecule has 4 nitrogen and oxygen atoms in total. The molecular formula is C19H21F3N2O2S. The van der Waals surface area contributed by atoms with Gasteiger partial charge in [0.05, 0.1) is 10.4 Å². The number of amides is 2. The third kappa shape index (κ3) is 6.09. The van der Waals surface area contributed by atoms with E-state index in [9.17, 15) is 22.8 Å². The lowest BCUT2D eigenvalue weighted by Gasteiger charge is -2.21. The number of carbonyl (C=O) groups is 2. The zero-order valence-electron chi connectivity index (χ0n) is 15.0. The number of rotatable bonds is 7. The van der Waals surface area contributed by atoms with Gasteiger partial charge in [-0.25, -0.2) is 0 Å². The van der Waals surface area contributed by atoms with Crippen LogP contribution >= 0.6 is 11.3 Å². The molecule has 1 aromatic heterocycles. The Morgan fingerprint density at radius 2 is 1.78 bits per heavy atom. The maximum Gasteiger partial charge on any atom is 0.416 e. The highest BCUT2D eigenvalue weighted by Gasteiger charge is 2.30. The fraction of sp³-hybridized carbons (Fsp3) is 0.368. The van der Waals surface area contributed by atoms with Crippen molar-refractivity contribution < 1.29 is 22.8 Å². The van der Waals surface area contributed by atoms with Crippen molar-refractivity contribution in [2.24, 2.45) is 5.92 Å². The Labute approximate surface area is 159 Å². The predicted molar refractivity (Wildman–Crippen MR) is 98.6 cm³/mol. The van der Waals surface area contributed by atoms with Crippen LogP contribution in [-0.4, -0.2) is 24.4 Å². The number of hydrogen-bond acceptors (Lipinski definition) is 3. The van der Waals surface area contributed by atoms with Gasteiger partial charge in [0.25, 0.3) is 5.91 Å². The van der Waals surface area contributed by atoms with E-state index in [2.05, 4.69) is 10.6 Å². The van der Waals surface area contributed by atoms with Gasteiger partial charge in [-0.1, -0.05) is 32.0 Å². The van der Waals surface area contributed by atoms with Crippen molar-refractivity contribution in [1.29, 1.82) is 0 Å². The summed E-state index contributed by atoms with van der Waals surface area (Å²) in [4.78, 5) is 25.1. The minimum atomic E-state index is -4.36. The molecule has 146 valence electrons. The van der Waals surface area contributed by atoms with Crippen LogP contribution in [0.2, 0.25) is 0 Å². The fourth-order valence-corrected chi connectivity index (χ4v) is 3.08. The molecule has 0 saturated heterocycles. The molecule has 2 rings (SSSR count). The van der Waals surface area contributed by atoms with Crippen molar-refractivity contribution in [3.8, 4) is 0 Å². The van der Waals surface area contributed by atoms with Crippen LogP contribution in [-0.2, 0) is 17.4 Å². The van der Waals surface area contributed by atoms with Gasteiger partial charge in [0, 0.05) is 6.54 Å². The Balaban J connectivity index is 1.87. The SMILES string of the molecule is CC(C)C(NC(=O)c1cccs1)C(=O)NCCc1ccc(C(F)(F)F)cc1. The lowest BCUT2D eigenvalue weighted by Crippen LogP contribution is -2.49. The molecule has 0 spiro atoms. The fourth-order valence-electron chi connectivity index (χ4n) is 2.46. The highest BCUT2D eigenvalue weighted by atomic mass is 32.1. The first-order chi connectivity index (χ1) is 12.7. The molecule has 0 aliphatic heterocycles. The molecule has 2 amide bonds. The molecule has 0 aliphatic carbocycles. The molecule has 2 aromatic rings. The first-order valence-corrected chi connectivity index (χ1v) is 9.34. The summed E-state index contributed by atoms with van der Waals surface area (Å²) in [5, 5.41) is 7.24. The van der Waals surface area contributed by atoms with Crippen LogP contribution in [0.25, 0.3) is 0 Å². The molecule has 0 aliphatic rings. The summed E-state index contributed by atoms with van der Waals surface area (Å²) in [7, 11) is 0. The van der Waals surface area contributed by atoms with Crippen molar-refractivity contribution in [1.82, 2.24) is 10.6 Å². The number of halogens is 3. The van der Waals surface area contributed by atoms with Crippen LogP contribution < -0.4 is 10.6 Å². The Morgan fingerprint density at radius 3 is 2.30 bits per heavy atom. The summed E-state index contributed by atoms with van der Waals surface area (Å²) in [5.41, 5.74) is -0.0153. The molecule has 27 heavy (non-hydrogen) atoms. The minimum absolute atomic E-state index is 0.111. The quantitative estimate of drug-likeness (QED) is 0.744. The van der Waals surface area contributed by atoms with Gasteiger partial charge in [0.1, 0.15) is 6.04 Å². The summed E-state index contributed by atoms with van der Waals surface area (Å²) < 4.78 is 37.7. The van der Waals surface area contributed by atoms with E-state index in [-0.39, 0.29) is 24.3 Å². The van der Waals surface area contributed by atoms with Gasteiger partial charge in [-0.2, -0.15) is 13.2 Å². The van der Waals surface area contributed by atoms with Crippen LogP contribution in [0, 0.1) is 5.92 Å². The molecular weight excluding hydrogens is 377 g/mol. The maximum absolute atomic E-state index is 12.6. The van der Waals surface area contributed by atoms with Gasteiger partial charge >= 0.3 is 6.18 Å². The van der Waals surface area contributed by atoms with E-state index in [1.165, 1.54) is 23.5 Å². The Morgan fingerprint density at radius 1 is 1.11 bits per heavy atom. The number of carbonyl (C=O) groups excluding carboxylic acids is 2. The first-order valence-electron chi connectivity index (χ1n) is 8.46. The van der Waals surface area contributed by atoms with Crippen molar-refractivity contribution in [2.45, 2.75) is 32.5 Å². The highest BCUT2D eigenvalue weighted by Crippen LogP contribution is 2.29. The van der Waals surface area contributed by atoms with Crippen LogP contribution in [0.3, 0.4) is 0 Å². The van der Waals surface area contributed by atoms with E-state index in [1.54, 1.807) is 17.5 Å². The second-order valence-corrected chi connectivity index (χ2v) is 7.36. The normalized spacial score (nSPS) is 12.7. The van der Waals surface area contributed by atoms with Crippen molar-refractivity contribution in [3.63, 3.8) is 0 Å². The van der Waals surface area contributed by atoms with Gasteiger partial charge < -0.3 is 10.6 Å². The Kier molecular flexibility index (Phi) is 7.01. The van der Waals surface area contributed by atoms with Gasteiger partial charge in [0.2, 0.25) is 5.91 Å². The minimum Gasteiger partial charge on any atom is -0.354 e. The summed E-state index contributed by atoms with van der Waals surface area (Å²) in [5.74, 6) is -0.733. The van der Waals surface area contributed by atoms with E-state index in [4.69, 9.17) is 0 Å². The van der Waals surface area contributed by atoms with Crippen molar-refractivity contribution in [2.75, 3.05) is 6.54 Å². The number of benzene rings is 1. The van der Waals surface area contributed by atoms with Crippen LogP contribution in [0.15, 0.2) is 41.8 Å². The maximum atomic E-state index is 12.6. The van der Waals surface area contributed by atoms with E-state index < -0.39 is 17.8 Å². The molecule has 0 bridgehead atoms. The molecule has 8 heteroatoms. The number of hydrogen-bond donors (Lipinski definition) is 2. The lowest BCUT2D eigenvalue weighted by atomic mass is 10.0. The zero-order valence-corrected chi connectivity index (χ0v) is 15.8. The highest BCUT2D eigenvalue weighted by molar-refractivity contribution is 7.12. The predicted octanol–water partition coefficient (Wildman–Crippen LogP) is 3.88. The molecule has 1 unspecified atom stereocenters. The third-order valence-corrected chi connectivity index (χ3v) is 4.84. The molecule has 2 N–H and O–H groups in total. The van der Waals surface area contributed by atoms with E-state index in [0.717, 1.165) is 12.1 Å². The Bertz CT molecular complexity index is 756. The molecule has 0 fully saturated rings. The van der Waals surface area contributed by atoms with E-state index >= 15 is 0 Å². The summed E-state index contributed by atoms with van der Waals surface area (Å²) in [6.45, 7) is 3.92. The van der Waals surface area contributed by atoms with E-state index in [0.29, 0.717) is 16.9 Å². The topological polar surface area (TPSA) is 58.2 Å². The van der Waals surface area contributed by atoms with Gasteiger partial charge in [0.15, 0.2) is 0 Å². The van der Waals surface area contributed by atoms with Crippen LogP contribution in [0.5, 0.6) is 0 Å². The largest absolute Gasteiger partial charge is 0.416 e. The summed E-state index contributed by atoms with van der Waals surface area (Å²) >= 11 is 1.29. The summed E-state index contributed by atoms with van der Waals surface area (Å²) in [6, 6.07) is 7.59. The average Bonchev–Trinajstić information content (AvgIpc) is 3.13. The Hall–Kier alpha value is -2.35. The third-order valence-electron chi connectivity index (χ3n) is 3.97. The second kappa shape index (κ2) is 9.03. The standard InChI is InChI=1S/C19H21F3N2O2S/c1-12(2)16(24-17(25)15-4-3-11-27-15)18(26)23-10-9-13-5-7-14(8-6-13)19(20,21)22/h3-8,11-12,16H,9-10H2,1-2H3,(H,23,26)(H,24,25). The number of nitrogens with one attached hydrogen (secondary N) is 2. The van der Waals surface area contributed by atoms with Gasteiger partial charge in [-0.05, 0) is 41.5 Å². The van der Waals surface area contributed by atoms with Crippen molar-refractivity contribution in [3.05, 3.63) is 57.8 Å². The van der Waals surface area contributed by atoms with Crippen LogP contribution in [0.4, 0.5) is 13.2 Å². The lowest BCUT2D eigenvalue weighted by molar-refractivity contribution is -0.137. The van der Waals surface area contributed by atoms with Crippen molar-refractivity contribution >= 4 is 23.2 Å². The van der Waals surface area contributed by atoms with E-state index in [1.807, 2.05) is 13.8 Å². The second-order valence-electron chi connectivity index (χ2n) is 6.41. The molecule has 1 atom stereocenters. The molecule has 0 saturated carbocycles. The monoisotopic (exact) mass is 398 g/mol. The van der Waals surface area contributed by atoms with Crippen LogP contribution in [0.1, 0.15) is 34.6 Å². The first kappa shape index (κ1) is 21.0. The molecule has 1 aromatic carbocycles. The molecule has 0 radical (unpaired) electrons. The average molecular weight is 398 g/mol. The number of thiophene rings is 1. The van der Waals surface area contributed by atoms with Gasteiger partial charge in [-0.15, -0.1) is 11.3 Å². The number of alkyl halides is 3. The smallest absolute Gasteiger partial charge is 0.354 e. The molecule has 1 heterocycles. The summed E-state index contributed by atoms with van der Waals surface area (Å²) in [6.07, 6.45) is -3.97. The zero-order chi connectivity index (χ0) is 20.0. The van der Waals surface area contributed by atoms with Gasteiger partial charge in [-0.3, -0.25) is 9.59 Å².